The highest BCUT2D eigenvalue weighted by Gasteiger charge is 2.13. The highest BCUT2D eigenvalue weighted by Crippen LogP contribution is 2.16. The van der Waals surface area contributed by atoms with Crippen molar-refractivity contribution in [3.05, 3.63) is 54.1 Å². The second-order valence-electron chi connectivity index (χ2n) is 5.06. The molecule has 0 aliphatic heterocycles. The van der Waals surface area contributed by atoms with E-state index in [2.05, 4.69) is 4.72 Å². The van der Waals surface area contributed by atoms with Gasteiger partial charge in [-0.05, 0) is 48.4 Å². The number of rotatable bonds is 8. The van der Waals surface area contributed by atoms with Crippen molar-refractivity contribution in [2.45, 2.75) is 17.7 Å². The number of benzene rings is 2. The summed E-state index contributed by atoms with van der Waals surface area (Å²) < 4.78 is 55.7. The molecule has 0 saturated heterocycles. The molecule has 0 amide bonds. The molecule has 0 spiro atoms. The number of hydrogen-bond donors (Lipinski definition) is 2. The molecule has 0 bridgehead atoms. The zero-order valence-corrected chi connectivity index (χ0v) is 13.6. The van der Waals surface area contributed by atoms with Gasteiger partial charge in [0.2, 0.25) is 10.0 Å². The van der Waals surface area contributed by atoms with Gasteiger partial charge in [-0.15, -0.1) is 0 Å². The first-order valence-electron chi connectivity index (χ1n) is 7.22. The Kier molecular flexibility index (Phi) is 6.10. The van der Waals surface area contributed by atoms with Crippen molar-refractivity contribution in [3.8, 4) is 5.75 Å². The molecule has 0 radical (unpaired) electrons. The number of halogens is 2. The molecule has 8 heteroatoms. The topological polar surface area (TPSA) is 81.4 Å². The molecule has 5 nitrogen and oxygen atoms in total. The van der Waals surface area contributed by atoms with Gasteiger partial charge in [0.05, 0.1) is 4.90 Å². The van der Waals surface area contributed by atoms with Gasteiger partial charge in [0.25, 0.3) is 6.43 Å². The average Bonchev–Trinajstić information content (AvgIpc) is 2.55. The Bertz CT molecular complexity index is 748. The van der Waals surface area contributed by atoms with Gasteiger partial charge in [-0.3, -0.25) is 0 Å². The van der Waals surface area contributed by atoms with E-state index < -0.39 is 23.1 Å². The normalized spacial score (nSPS) is 11.6. The third-order valence-corrected chi connectivity index (χ3v) is 4.67. The Morgan fingerprint density at radius 3 is 2.25 bits per heavy atom. The summed E-state index contributed by atoms with van der Waals surface area (Å²) in [6, 6.07) is 12.5. The number of alkyl halides is 2. The highest BCUT2D eigenvalue weighted by atomic mass is 32.2. The van der Waals surface area contributed by atoms with Gasteiger partial charge in [0.15, 0.2) is 0 Å². The van der Waals surface area contributed by atoms with Gasteiger partial charge in [-0.25, -0.2) is 21.9 Å². The van der Waals surface area contributed by atoms with Crippen LogP contribution in [0.25, 0.3) is 0 Å². The third-order valence-electron chi connectivity index (χ3n) is 3.20. The fourth-order valence-electron chi connectivity index (χ4n) is 1.97. The molecule has 2 aromatic rings. The van der Waals surface area contributed by atoms with Crippen LogP contribution in [-0.4, -0.2) is 28.0 Å². The first-order valence-corrected chi connectivity index (χ1v) is 8.70. The predicted molar refractivity (Wildman–Crippen MR) is 87.7 cm³/mol. The van der Waals surface area contributed by atoms with Crippen molar-refractivity contribution in [3.63, 3.8) is 0 Å². The molecule has 0 heterocycles. The minimum atomic E-state index is -3.67. The van der Waals surface area contributed by atoms with Crippen LogP contribution in [0.2, 0.25) is 0 Å². The maximum absolute atomic E-state index is 12.2. The summed E-state index contributed by atoms with van der Waals surface area (Å²) >= 11 is 0. The van der Waals surface area contributed by atoms with E-state index in [1.54, 1.807) is 12.1 Å². The van der Waals surface area contributed by atoms with Crippen LogP contribution in [0.1, 0.15) is 5.56 Å². The minimum Gasteiger partial charge on any atom is -0.488 e. The largest absolute Gasteiger partial charge is 0.488 e. The number of nitrogens with two attached hydrogens (primary N) is 1. The molecule has 3 N–H and O–H groups in total. The molecule has 0 unspecified atom stereocenters. The summed E-state index contributed by atoms with van der Waals surface area (Å²) in [6.45, 7) is -0.498. The fraction of sp³-hybridized carbons (Fsp3) is 0.250. The van der Waals surface area contributed by atoms with Gasteiger partial charge in [-0.2, -0.15) is 0 Å². The summed E-state index contributed by atoms with van der Waals surface area (Å²) in [6.07, 6.45) is -2.06. The van der Waals surface area contributed by atoms with E-state index in [-0.39, 0.29) is 17.2 Å². The molecule has 0 aliphatic rings. The van der Waals surface area contributed by atoms with E-state index >= 15 is 0 Å². The zero-order valence-electron chi connectivity index (χ0n) is 12.8. The maximum Gasteiger partial charge on any atom is 0.272 e. The van der Waals surface area contributed by atoms with Crippen molar-refractivity contribution in [2.75, 3.05) is 18.9 Å². The third kappa shape index (κ3) is 5.47. The molecule has 2 aromatic carbocycles. The molecular formula is C16H18F2N2O3S. The number of sulfonamides is 1. The SMILES string of the molecule is Nc1ccc(CCNS(=O)(=O)c2ccc(OCC(F)F)cc2)cc1. The Hall–Kier alpha value is -2.19. The van der Waals surface area contributed by atoms with E-state index in [0.29, 0.717) is 12.1 Å². The van der Waals surface area contributed by atoms with E-state index in [9.17, 15) is 17.2 Å². The second-order valence-corrected chi connectivity index (χ2v) is 6.83. The van der Waals surface area contributed by atoms with Crippen LogP contribution < -0.4 is 15.2 Å². The lowest BCUT2D eigenvalue weighted by atomic mass is 10.1. The summed E-state index contributed by atoms with van der Waals surface area (Å²) in [5.41, 5.74) is 7.19. The summed E-state index contributed by atoms with van der Waals surface area (Å²) in [7, 11) is -3.67. The molecule has 0 aromatic heterocycles. The van der Waals surface area contributed by atoms with Crippen LogP contribution in [0.4, 0.5) is 14.5 Å². The number of nitrogen functional groups attached to an aromatic ring is 1. The number of hydrogen-bond acceptors (Lipinski definition) is 4. The van der Waals surface area contributed by atoms with Gasteiger partial charge < -0.3 is 10.5 Å². The first-order chi connectivity index (χ1) is 11.4. The molecule has 0 fully saturated rings. The minimum absolute atomic E-state index is 0.0456. The van der Waals surface area contributed by atoms with Gasteiger partial charge in [-0.1, -0.05) is 12.1 Å². The van der Waals surface area contributed by atoms with E-state index in [1.807, 2.05) is 12.1 Å². The molecular weight excluding hydrogens is 338 g/mol. The van der Waals surface area contributed by atoms with Crippen molar-refractivity contribution in [1.82, 2.24) is 4.72 Å². The van der Waals surface area contributed by atoms with Crippen LogP contribution in [0, 0.1) is 0 Å². The van der Waals surface area contributed by atoms with Crippen molar-refractivity contribution in [1.29, 1.82) is 0 Å². The number of nitrogens with one attached hydrogen (secondary N) is 1. The quantitative estimate of drug-likeness (QED) is 0.712. The highest BCUT2D eigenvalue weighted by molar-refractivity contribution is 7.89. The van der Waals surface area contributed by atoms with Gasteiger partial charge >= 0.3 is 0 Å². The molecule has 24 heavy (non-hydrogen) atoms. The number of ether oxygens (including phenoxy) is 1. The Morgan fingerprint density at radius 1 is 1.04 bits per heavy atom. The van der Waals surface area contributed by atoms with Gasteiger partial charge in [0.1, 0.15) is 12.4 Å². The van der Waals surface area contributed by atoms with E-state index in [0.717, 1.165) is 5.56 Å². The Balaban J connectivity index is 1.90. The molecule has 130 valence electrons. The average molecular weight is 356 g/mol. The number of anilines is 1. The lowest BCUT2D eigenvalue weighted by Crippen LogP contribution is -2.26. The Morgan fingerprint density at radius 2 is 1.67 bits per heavy atom. The molecule has 0 saturated carbocycles. The van der Waals surface area contributed by atoms with Crippen LogP contribution in [0.3, 0.4) is 0 Å². The lowest BCUT2D eigenvalue weighted by Gasteiger charge is -2.09. The predicted octanol–water partition coefficient (Wildman–Crippen LogP) is 2.43. The fourth-order valence-corrected chi connectivity index (χ4v) is 3.00. The van der Waals surface area contributed by atoms with Crippen molar-refractivity contribution < 1.29 is 21.9 Å². The van der Waals surface area contributed by atoms with E-state index in [1.165, 1.54) is 24.3 Å². The molecule has 0 atom stereocenters. The van der Waals surface area contributed by atoms with Crippen molar-refractivity contribution >= 4 is 15.7 Å². The maximum atomic E-state index is 12.2. The summed E-state index contributed by atoms with van der Waals surface area (Å²) in [5, 5.41) is 0. The monoisotopic (exact) mass is 356 g/mol. The van der Waals surface area contributed by atoms with E-state index in [4.69, 9.17) is 10.5 Å². The smallest absolute Gasteiger partial charge is 0.272 e. The molecule has 2 rings (SSSR count). The van der Waals surface area contributed by atoms with Crippen LogP contribution >= 0.6 is 0 Å². The van der Waals surface area contributed by atoms with Crippen LogP contribution in [-0.2, 0) is 16.4 Å². The first kappa shape index (κ1) is 18.2. The zero-order chi connectivity index (χ0) is 17.6. The lowest BCUT2D eigenvalue weighted by molar-refractivity contribution is 0.0819. The van der Waals surface area contributed by atoms with Crippen LogP contribution in [0.5, 0.6) is 5.75 Å². The second kappa shape index (κ2) is 8.07. The van der Waals surface area contributed by atoms with Crippen molar-refractivity contribution in [2.24, 2.45) is 0 Å². The standard InChI is InChI=1S/C16H18F2N2O3S/c17-16(18)11-23-14-5-7-15(8-6-14)24(21,22)20-10-9-12-1-3-13(19)4-2-12/h1-8,16,20H,9-11,19H2. The summed E-state index contributed by atoms with van der Waals surface area (Å²) in [5.74, 6) is 0.191. The van der Waals surface area contributed by atoms with Crippen LogP contribution in [0.15, 0.2) is 53.4 Å². The summed E-state index contributed by atoms with van der Waals surface area (Å²) in [4.78, 5) is 0.0456. The Labute approximate surface area is 139 Å². The molecule has 0 aliphatic carbocycles. The van der Waals surface area contributed by atoms with Gasteiger partial charge in [0, 0.05) is 12.2 Å².